The van der Waals surface area contributed by atoms with Crippen molar-refractivity contribution in [2.75, 3.05) is 11.4 Å². The van der Waals surface area contributed by atoms with Crippen molar-refractivity contribution in [3.63, 3.8) is 0 Å². The largest absolute Gasteiger partial charge is 0.481 e. The van der Waals surface area contributed by atoms with Gasteiger partial charge in [-0.3, -0.25) is 9.59 Å². The van der Waals surface area contributed by atoms with E-state index < -0.39 is 12.0 Å². The lowest BCUT2D eigenvalue weighted by Gasteiger charge is -2.14. The number of hydrogen-bond acceptors (Lipinski definition) is 3. The van der Waals surface area contributed by atoms with E-state index >= 15 is 0 Å². The van der Waals surface area contributed by atoms with Crippen LogP contribution in [0.25, 0.3) is 0 Å². The first-order valence-electron chi connectivity index (χ1n) is 5.91. The Morgan fingerprint density at radius 1 is 1.37 bits per heavy atom. The van der Waals surface area contributed by atoms with Crippen LogP contribution in [-0.2, 0) is 9.59 Å². The molecule has 1 aromatic rings. The lowest BCUT2D eigenvalue weighted by atomic mass is 9.97. The fourth-order valence-corrected chi connectivity index (χ4v) is 2.02. The zero-order valence-electron chi connectivity index (χ0n) is 10.4. The summed E-state index contributed by atoms with van der Waals surface area (Å²) in [6, 6.07) is 6.34. The Bertz CT molecular complexity index is 508. The molecule has 1 atom stereocenters. The van der Waals surface area contributed by atoms with Gasteiger partial charge in [0.1, 0.15) is 0 Å². The number of amides is 3. The molecule has 3 amide bonds. The maximum Gasteiger partial charge on any atom is 0.329 e. The Morgan fingerprint density at radius 2 is 2.00 bits per heavy atom. The number of nitrogens with zero attached hydrogens (tertiary/aromatic N) is 1. The summed E-state index contributed by atoms with van der Waals surface area (Å²) in [5, 5.41) is 11.2. The highest BCUT2D eigenvalue weighted by molar-refractivity contribution is 6.19. The summed E-state index contributed by atoms with van der Waals surface area (Å²) in [7, 11) is 0. The van der Waals surface area contributed by atoms with Crippen LogP contribution in [0, 0.1) is 0 Å². The molecule has 0 spiro atoms. The highest BCUT2D eigenvalue weighted by atomic mass is 16.4. The topological polar surface area (TPSA) is 86.7 Å². The van der Waals surface area contributed by atoms with E-state index in [1.165, 1.54) is 0 Å². The van der Waals surface area contributed by atoms with Gasteiger partial charge < -0.3 is 10.4 Å². The van der Waals surface area contributed by atoms with Crippen LogP contribution in [0.3, 0.4) is 0 Å². The summed E-state index contributed by atoms with van der Waals surface area (Å²) in [5.74, 6) is -1.27. The van der Waals surface area contributed by atoms with Gasteiger partial charge >= 0.3 is 12.0 Å². The van der Waals surface area contributed by atoms with Crippen molar-refractivity contribution in [3.8, 4) is 0 Å². The number of nitrogens with one attached hydrogen (secondary N) is 1. The maximum absolute atomic E-state index is 11.5. The molecule has 1 fully saturated rings. The van der Waals surface area contributed by atoms with Gasteiger partial charge in [-0.2, -0.15) is 0 Å². The first-order chi connectivity index (χ1) is 8.99. The third-order valence-electron chi connectivity index (χ3n) is 3.04. The zero-order chi connectivity index (χ0) is 14.0. The molecule has 2 N–H and O–H groups in total. The molecule has 1 unspecified atom stereocenters. The van der Waals surface area contributed by atoms with Gasteiger partial charge in [-0.05, 0) is 23.6 Å². The molecule has 19 heavy (non-hydrogen) atoms. The molecule has 0 radical (unpaired) electrons. The molecule has 1 aliphatic rings. The minimum Gasteiger partial charge on any atom is -0.481 e. The Balaban J connectivity index is 2.16. The number of urea groups is 1. The molecular weight excluding hydrogens is 248 g/mol. The van der Waals surface area contributed by atoms with E-state index in [4.69, 9.17) is 5.11 Å². The lowest BCUT2D eigenvalue weighted by molar-refractivity contribution is -0.137. The monoisotopic (exact) mass is 262 g/mol. The molecule has 6 heteroatoms. The number of anilines is 1. The standard InChI is InChI=1S/C13H14N2O4/c1-8(6-12(17)18)9-2-4-10(5-3-9)15-11(16)7-14-13(15)19/h2-5,8H,6-7H2,1H3,(H,14,19)(H,17,18). The fourth-order valence-electron chi connectivity index (χ4n) is 2.02. The average molecular weight is 262 g/mol. The van der Waals surface area contributed by atoms with Crippen molar-refractivity contribution < 1.29 is 19.5 Å². The lowest BCUT2D eigenvalue weighted by Crippen LogP contribution is -2.30. The third kappa shape index (κ3) is 2.73. The van der Waals surface area contributed by atoms with Crippen molar-refractivity contribution >= 4 is 23.6 Å². The summed E-state index contributed by atoms with van der Waals surface area (Å²) in [6.45, 7) is 1.83. The van der Waals surface area contributed by atoms with Crippen LogP contribution in [0.2, 0.25) is 0 Å². The van der Waals surface area contributed by atoms with E-state index in [0.717, 1.165) is 10.5 Å². The second kappa shape index (κ2) is 5.09. The summed E-state index contributed by atoms with van der Waals surface area (Å²) < 4.78 is 0. The van der Waals surface area contributed by atoms with Crippen molar-refractivity contribution in [2.45, 2.75) is 19.3 Å². The van der Waals surface area contributed by atoms with E-state index in [0.29, 0.717) is 5.69 Å². The van der Waals surface area contributed by atoms with Crippen molar-refractivity contribution in [3.05, 3.63) is 29.8 Å². The smallest absolute Gasteiger partial charge is 0.329 e. The van der Waals surface area contributed by atoms with Crippen LogP contribution in [-0.4, -0.2) is 29.6 Å². The fraction of sp³-hybridized carbons (Fsp3) is 0.308. The van der Waals surface area contributed by atoms with Gasteiger partial charge in [0.15, 0.2) is 0 Å². The SMILES string of the molecule is CC(CC(=O)O)c1ccc(N2C(=O)CNC2=O)cc1. The van der Waals surface area contributed by atoms with Gasteiger partial charge in [-0.1, -0.05) is 19.1 Å². The van der Waals surface area contributed by atoms with Gasteiger partial charge in [-0.25, -0.2) is 9.69 Å². The Hall–Kier alpha value is -2.37. The predicted octanol–water partition coefficient (Wildman–Crippen LogP) is 1.32. The minimum atomic E-state index is -0.856. The quantitative estimate of drug-likeness (QED) is 0.801. The minimum absolute atomic E-state index is 0.00992. The highest BCUT2D eigenvalue weighted by Gasteiger charge is 2.29. The number of rotatable bonds is 4. The number of carbonyl (C=O) groups excluding carboxylic acids is 2. The van der Waals surface area contributed by atoms with Crippen LogP contribution in [0.1, 0.15) is 24.8 Å². The summed E-state index contributed by atoms with van der Waals surface area (Å²) in [5.41, 5.74) is 1.35. The molecular formula is C13H14N2O4. The van der Waals surface area contributed by atoms with Crippen LogP contribution >= 0.6 is 0 Å². The molecule has 1 aromatic carbocycles. The first kappa shape index (κ1) is 13.1. The Labute approximate surface area is 110 Å². The molecule has 1 heterocycles. The summed E-state index contributed by atoms with van der Waals surface area (Å²) in [4.78, 5) is 34.7. The molecule has 6 nitrogen and oxygen atoms in total. The van der Waals surface area contributed by atoms with E-state index in [-0.39, 0.29) is 24.8 Å². The summed E-state index contributed by atoms with van der Waals surface area (Å²) in [6.07, 6.45) is 0.0441. The van der Waals surface area contributed by atoms with Crippen molar-refractivity contribution in [1.29, 1.82) is 0 Å². The molecule has 0 saturated carbocycles. The second-order valence-electron chi connectivity index (χ2n) is 4.48. The van der Waals surface area contributed by atoms with Gasteiger partial charge in [0.05, 0.1) is 18.7 Å². The van der Waals surface area contributed by atoms with E-state index in [2.05, 4.69) is 5.32 Å². The number of carboxylic acids is 1. The molecule has 1 saturated heterocycles. The van der Waals surface area contributed by atoms with Gasteiger partial charge in [0, 0.05) is 0 Å². The third-order valence-corrected chi connectivity index (χ3v) is 3.04. The molecule has 1 aliphatic heterocycles. The molecule has 0 aliphatic carbocycles. The van der Waals surface area contributed by atoms with Crippen LogP contribution in [0.15, 0.2) is 24.3 Å². The molecule has 0 bridgehead atoms. The Kier molecular flexibility index (Phi) is 3.50. The van der Waals surface area contributed by atoms with E-state index in [9.17, 15) is 14.4 Å². The maximum atomic E-state index is 11.5. The first-order valence-corrected chi connectivity index (χ1v) is 5.91. The highest BCUT2D eigenvalue weighted by Crippen LogP contribution is 2.23. The molecule has 2 rings (SSSR count). The number of imide groups is 1. The number of aliphatic carboxylic acids is 1. The predicted molar refractivity (Wildman–Crippen MR) is 68.0 cm³/mol. The van der Waals surface area contributed by atoms with Crippen molar-refractivity contribution in [1.82, 2.24) is 5.32 Å². The molecule has 100 valence electrons. The number of benzene rings is 1. The zero-order valence-corrected chi connectivity index (χ0v) is 10.4. The van der Waals surface area contributed by atoms with Gasteiger partial charge in [0.25, 0.3) is 5.91 Å². The number of hydrogen-bond donors (Lipinski definition) is 2. The van der Waals surface area contributed by atoms with Crippen LogP contribution in [0.4, 0.5) is 10.5 Å². The van der Waals surface area contributed by atoms with E-state index in [1.54, 1.807) is 24.3 Å². The number of carbonyl (C=O) groups is 3. The second-order valence-corrected chi connectivity index (χ2v) is 4.48. The van der Waals surface area contributed by atoms with Crippen molar-refractivity contribution in [2.24, 2.45) is 0 Å². The van der Waals surface area contributed by atoms with Gasteiger partial charge in [-0.15, -0.1) is 0 Å². The average Bonchev–Trinajstić information content (AvgIpc) is 2.68. The summed E-state index contributed by atoms with van der Waals surface area (Å²) >= 11 is 0. The van der Waals surface area contributed by atoms with E-state index in [1.807, 2.05) is 6.92 Å². The number of carboxylic acid groups (broad SMARTS) is 1. The van der Waals surface area contributed by atoms with Crippen LogP contribution in [0.5, 0.6) is 0 Å². The Morgan fingerprint density at radius 3 is 2.47 bits per heavy atom. The molecule has 0 aromatic heterocycles. The normalized spacial score (nSPS) is 16.4. The van der Waals surface area contributed by atoms with Gasteiger partial charge in [0.2, 0.25) is 0 Å². The van der Waals surface area contributed by atoms with Crippen LogP contribution < -0.4 is 10.2 Å².